The van der Waals surface area contributed by atoms with Gasteiger partial charge in [0.25, 0.3) is 0 Å². The zero-order valence-electron chi connectivity index (χ0n) is 17.2. The average molecular weight is 412 g/mol. The number of rotatable bonds is 6. The molecule has 8 heteroatoms. The van der Waals surface area contributed by atoms with Crippen LogP contribution in [0.5, 0.6) is 0 Å². The van der Waals surface area contributed by atoms with Gasteiger partial charge in [0.15, 0.2) is 0 Å². The second kappa shape index (κ2) is 8.87. The van der Waals surface area contributed by atoms with Crippen molar-refractivity contribution in [3.63, 3.8) is 0 Å². The molecule has 2 heterocycles. The van der Waals surface area contributed by atoms with Gasteiger partial charge in [-0.2, -0.15) is 0 Å². The molecule has 0 saturated carbocycles. The van der Waals surface area contributed by atoms with Crippen LogP contribution in [0.3, 0.4) is 0 Å². The van der Waals surface area contributed by atoms with Gasteiger partial charge in [0.1, 0.15) is 6.54 Å². The maximum absolute atomic E-state index is 13.2. The lowest BCUT2D eigenvalue weighted by Gasteiger charge is -2.31. The van der Waals surface area contributed by atoms with Gasteiger partial charge in [0, 0.05) is 24.8 Å². The number of nitrogens with zero attached hydrogens (tertiary/aromatic N) is 3. The van der Waals surface area contributed by atoms with Crippen LogP contribution in [0.4, 0.5) is 0 Å². The van der Waals surface area contributed by atoms with E-state index in [1.165, 1.54) is 0 Å². The molecular weight excluding hydrogens is 382 g/mol. The van der Waals surface area contributed by atoms with Gasteiger partial charge in [-0.25, -0.2) is 4.79 Å². The van der Waals surface area contributed by atoms with E-state index in [0.717, 1.165) is 68.3 Å². The highest BCUT2D eigenvalue weighted by Crippen LogP contribution is 2.24. The molecule has 30 heavy (non-hydrogen) atoms. The number of allylic oxidation sites excluding steroid dienone is 2. The maximum Gasteiger partial charge on any atom is 0.333 e. The van der Waals surface area contributed by atoms with Crippen molar-refractivity contribution in [2.45, 2.75) is 51.1 Å². The zero-order valence-corrected chi connectivity index (χ0v) is 17.2. The molecule has 2 aliphatic rings. The molecule has 0 spiro atoms. The fourth-order valence-electron chi connectivity index (χ4n) is 4.54. The molecule has 0 bridgehead atoms. The minimum Gasteiger partial charge on any atom is -0.369 e. The lowest BCUT2D eigenvalue weighted by molar-refractivity contribution is -0.123. The fourth-order valence-corrected chi connectivity index (χ4v) is 4.54. The molecule has 1 aromatic carbocycles. The summed E-state index contributed by atoms with van der Waals surface area (Å²) < 4.78 is 3.34. The van der Waals surface area contributed by atoms with E-state index in [9.17, 15) is 14.4 Å². The minimum atomic E-state index is -0.332. The Kier molecular flexibility index (Phi) is 6.03. The number of carbonyl (C=O) groups excluding carboxylic acids is 2. The fraction of sp³-hybridized carbons (Fsp3) is 0.500. The normalized spacial score (nSPS) is 18.3. The minimum absolute atomic E-state index is 0.00112. The van der Waals surface area contributed by atoms with Crippen molar-refractivity contribution in [3.05, 3.63) is 40.8 Å². The first kappa shape index (κ1) is 20.4. The van der Waals surface area contributed by atoms with Crippen LogP contribution in [0, 0.1) is 0 Å². The van der Waals surface area contributed by atoms with E-state index in [1.807, 2.05) is 29.2 Å². The summed E-state index contributed by atoms with van der Waals surface area (Å²) in [5.41, 5.74) is 7.75. The molecule has 4 rings (SSSR count). The molecule has 1 aliphatic carbocycles. The average Bonchev–Trinajstić information content (AvgIpc) is 3.01. The van der Waals surface area contributed by atoms with E-state index in [1.54, 1.807) is 9.13 Å². The third-order valence-corrected chi connectivity index (χ3v) is 6.02. The van der Waals surface area contributed by atoms with Crippen LogP contribution in [0.2, 0.25) is 0 Å². The Hall–Kier alpha value is -2.87. The zero-order chi connectivity index (χ0) is 21.1. The summed E-state index contributed by atoms with van der Waals surface area (Å²) in [4.78, 5) is 39.0. The number of fused-ring (bicyclic) bond motifs is 1. The first-order chi connectivity index (χ1) is 14.5. The van der Waals surface area contributed by atoms with Gasteiger partial charge in [0.05, 0.1) is 17.6 Å². The Morgan fingerprint density at radius 2 is 1.80 bits per heavy atom. The summed E-state index contributed by atoms with van der Waals surface area (Å²) in [6.45, 7) is 1.70. The van der Waals surface area contributed by atoms with Crippen LogP contribution in [-0.4, -0.2) is 51.5 Å². The number of hydrogen-bond acceptors (Lipinski definition) is 4. The topological polar surface area (TPSA) is 102 Å². The summed E-state index contributed by atoms with van der Waals surface area (Å²) in [7, 11) is 0. The summed E-state index contributed by atoms with van der Waals surface area (Å²) in [6, 6.07) is 7.70. The Labute approximate surface area is 175 Å². The molecule has 0 radical (unpaired) electrons. The standard InChI is InChI=1S/C22H29N5O3/c23-20(28)14-25-12-10-16(11-13-25)24-21(29)15-26-18-8-4-5-9-19(18)27(22(26)30)17-6-2-1-3-7-17/h4-6,8-9,16H,1-3,7,10-15H2,(H2,23,28)(H,24,29). The number of nitrogens with two attached hydrogens (primary N) is 1. The quantitative estimate of drug-likeness (QED) is 0.748. The van der Waals surface area contributed by atoms with Gasteiger partial charge in [0.2, 0.25) is 11.8 Å². The summed E-state index contributed by atoms with van der Waals surface area (Å²) in [5.74, 6) is -0.493. The van der Waals surface area contributed by atoms with E-state index in [0.29, 0.717) is 0 Å². The number of primary amides is 1. The Morgan fingerprint density at radius 3 is 2.47 bits per heavy atom. The highest BCUT2D eigenvalue weighted by Gasteiger charge is 2.23. The Morgan fingerprint density at radius 1 is 1.07 bits per heavy atom. The van der Waals surface area contributed by atoms with Crippen LogP contribution in [0.1, 0.15) is 38.5 Å². The highest BCUT2D eigenvalue weighted by molar-refractivity contribution is 5.83. The molecule has 2 aromatic rings. The molecule has 0 unspecified atom stereocenters. The third kappa shape index (κ3) is 4.33. The molecule has 1 saturated heterocycles. The van der Waals surface area contributed by atoms with Crippen LogP contribution in [0.25, 0.3) is 16.7 Å². The lowest BCUT2D eigenvalue weighted by atomic mass is 10.0. The van der Waals surface area contributed by atoms with Gasteiger partial charge in [-0.05, 0) is 50.7 Å². The van der Waals surface area contributed by atoms with E-state index in [4.69, 9.17) is 5.73 Å². The molecule has 8 nitrogen and oxygen atoms in total. The van der Waals surface area contributed by atoms with Gasteiger partial charge >= 0.3 is 5.69 Å². The van der Waals surface area contributed by atoms with E-state index < -0.39 is 0 Å². The van der Waals surface area contributed by atoms with Crippen molar-refractivity contribution in [1.82, 2.24) is 19.4 Å². The van der Waals surface area contributed by atoms with E-state index in [-0.39, 0.29) is 36.6 Å². The smallest absolute Gasteiger partial charge is 0.333 e. The Balaban J connectivity index is 1.48. The molecule has 0 atom stereocenters. The number of aromatic nitrogens is 2. The third-order valence-electron chi connectivity index (χ3n) is 6.02. The second-order valence-electron chi connectivity index (χ2n) is 8.22. The number of benzene rings is 1. The van der Waals surface area contributed by atoms with E-state index >= 15 is 0 Å². The number of likely N-dealkylation sites (tertiary alicyclic amines) is 1. The summed E-state index contributed by atoms with van der Waals surface area (Å²) in [5, 5.41) is 3.06. The molecule has 160 valence electrons. The predicted octanol–water partition coefficient (Wildman–Crippen LogP) is 1.28. The molecule has 1 aromatic heterocycles. The van der Waals surface area contributed by atoms with Gasteiger partial charge in [-0.15, -0.1) is 0 Å². The summed E-state index contributed by atoms with van der Waals surface area (Å²) >= 11 is 0. The number of nitrogens with one attached hydrogen (secondary N) is 1. The lowest BCUT2D eigenvalue weighted by Crippen LogP contribution is -2.47. The van der Waals surface area contributed by atoms with Crippen LogP contribution >= 0.6 is 0 Å². The van der Waals surface area contributed by atoms with Crippen LogP contribution < -0.4 is 16.7 Å². The van der Waals surface area contributed by atoms with Crippen LogP contribution in [0.15, 0.2) is 35.1 Å². The molecule has 1 fully saturated rings. The number of para-hydroxylation sites is 2. The molecular formula is C22H29N5O3. The molecule has 1 aliphatic heterocycles. The number of piperidine rings is 1. The monoisotopic (exact) mass is 411 g/mol. The number of hydrogen-bond donors (Lipinski definition) is 2. The molecule has 2 amide bonds. The van der Waals surface area contributed by atoms with Gasteiger partial charge < -0.3 is 11.1 Å². The van der Waals surface area contributed by atoms with Gasteiger partial charge in [-0.3, -0.25) is 23.6 Å². The first-order valence-electron chi connectivity index (χ1n) is 10.7. The largest absolute Gasteiger partial charge is 0.369 e. The van der Waals surface area contributed by atoms with Crippen LogP contribution in [-0.2, 0) is 16.1 Å². The van der Waals surface area contributed by atoms with Crippen molar-refractivity contribution >= 4 is 28.5 Å². The predicted molar refractivity (Wildman–Crippen MR) is 116 cm³/mol. The SMILES string of the molecule is NC(=O)CN1CCC(NC(=O)Cn2c(=O)n(C3=CCCCC3)c3ccccc32)CC1. The van der Waals surface area contributed by atoms with Gasteiger partial charge in [-0.1, -0.05) is 18.2 Å². The van der Waals surface area contributed by atoms with Crippen molar-refractivity contribution in [2.75, 3.05) is 19.6 Å². The number of imidazole rings is 1. The van der Waals surface area contributed by atoms with Crippen molar-refractivity contribution < 1.29 is 9.59 Å². The second-order valence-corrected chi connectivity index (χ2v) is 8.22. The Bertz CT molecular complexity index is 1030. The molecule has 3 N–H and O–H groups in total. The maximum atomic E-state index is 13.2. The number of carbonyl (C=O) groups is 2. The van der Waals surface area contributed by atoms with Crippen molar-refractivity contribution in [3.8, 4) is 0 Å². The van der Waals surface area contributed by atoms with Crippen molar-refractivity contribution in [2.24, 2.45) is 5.73 Å². The highest BCUT2D eigenvalue weighted by atomic mass is 16.2. The number of amides is 2. The summed E-state index contributed by atoms with van der Waals surface area (Å²) in [6.07, 6.45) is 7.76. The van der Waals surface area contributed by atoms with Crippen molar-refractivity contribution in [1.29, 1.82) is 0 Å². The van der Waals surface area contributed by atoms with E-state index in [2.05, 4.69) is 11.4 Å². The first-order valence-corrected chi connectivity index (χ1v) is 10.7.